The summed E-state index contributed by atoms with van der Waals surface area (Å²) in [5.74, 6) is 0. The van der Waals surface area contributed by atoms with E-state index in [2.05, 4.69) is 38.2 Å². The molecule has 0 aliphatic carbocycles. The third kappa shape index (κ3) is 6.99. The second-order valence-corrected chi connectivity index (χ2v) is 8.87. The van der Waals surface area contributed by atoms with Gasteiger partial charge in [-0.3, -0.25) is 0 Å². The molecule has 1 aromatic carbocycles. The number of ether oxygens (including phenoxy) is 2. The van der Waals surface area contributed by atoms with E-state index in [4.69, 9.17) is 9.47 Å². The third-order valence-corrected chi connectivity index (χ3v) is 5.12. The minimum Gasteiger partial charge on any atom is -0.443 e. The van der Waals surface area contributed by atoms with Crippen LogP contribution in [0.5, 0.6) is 0 Å². The average Bonchev–Trinajstić information content (AvgIpc) is 2.53. The van der Waals surface area contributed by atoms with Gasteiger partial charge in [0, 0.05) is 12.6 Å². The molecule has 0 spiro atoms. The first kappa shape index (κ1) is 22.5. The molecule has 1 N–H and O–H groups in total. The van der Waals surface area contributed by atoms with Gasteiger partial charge in [0.25, 0.3) is 0 Å². The molecule has 0 saturated carbocycles. The molecule has 0 aromatic heterocycles. The Labute approximate surface area is 159 Å². The number of alkyl carbamates (subject to hydrolysis) is 1. The molecule has 0 saturated heterocycles. The first-order chi connectivity index (χ1) is 11.9. The number of benzene rings is 1. The van der Waals surface area contributed by atoms with Gasteiger partial charge in [-0.05, 0) is 57.9 Å². The molecular formula is C22H37NO3. The first-order valence-electron chi connectivity index (χ1n) is 9.52. The molecule has 1 rings (SSSR count). The Kier molecular flexibility index (Phi) is 7.70. The number of carbonyl (C=O) groups excluding carboxylic acids is 1. The van der Waals surface area contributed by atoms with E-state index in [1.165, 1.54) is 5.56 Å². The van der Waals surface area contributed by atoms with E-state index >= 15 is 0 Å². The normalized spacial score (nSPS) is 15.8. The van der Waals surface area contributed by atoms with Gasteiger partial charge in [-0.25, -0.2) is 4.79 Å². The highest BCUT2D eigenvalue weighted by molar-refractivity contribution is 5.68. The lowest BCUT2D eigenvalue weighted by Crippen LogP contribution is -2.50. The fourth-order valence-electron chi connectivity index (χ4n) is 3.62. The highest BCUT2D eigenvalue weighted by Gasteiger charge is 2.35. The van der Waals surface area contributed by atoms with E-state index in [-0.39, 0.29) is 23.2 Å². The van der Waals surface area contributed by atoms with E-state index in [0.717, 1.165) is 19.3 Å². The third-order valence-electron chi connectivity index (χ3n) is 5.12. The molecule has 2 unspecified atom stereocenters. The second kappa shape index (κ2) is 8.90. The Bertz CT molecular complexity index is 568. The summed E-state index contributed by atoms with van der Waals surface area (Å²) < 4.78 is 11.2. The van der Waals surface area contributed by atoms with Crippen LogP contribution >= 0.6 is 0 Å². The van der Waals surface area contributed by atoms with Gasteiger partial charge < -0.3 is 14.8 Å². The van der Waals surface area contributed by atoms with Crippen LogP contribution in [0.3, 0.4) is 0 Å². The summed E-state index contributed by atoms with van der Waals surface area (Å²) in [4.78, 5) is 12.6. The van der Waals surface area contributed by atoms with Crippen LogP contribution in [0.15, 0.2) is 30.3 Å². The van der Waals surface area contributed by atoms with Crippen LogP contribution in [0.1, 0.15) is 73.3 Å². The predicted molar refractivity (Wildman–Crippen MR) is 108 cm³/mol. The van der Waals surface area contributed by atoms with Gasteiger partial charge in [-0.1, -0.05) is 51.1 Å². The molecule has 4 nitrogen and oxygen atoms in total. The molecule has 26 heavy (non-hydrogen) atoms. The molecule has 4 heteroatoms. The fourth-order valence-corrected chi connectivity index (χ4v) is 3.62. The molecule has 0 fully saturated rings. The van der Waals surface area contributed by atoms with Crippen molar-refractivity contribution < 1.29 is 14.3 Å². The zero-order chi connectivity index (χ0) is 20.0. The molecule has 2 atom stereocenters. The van der Waals surface area contributed by atoms with Crippen LogP contribution < -0.4 is 5.32 Å². The molecular weight excluding hydrogens is 326 g/mol. The molecule has 0 aliphatic heterocycles. The van der Waals surface area contributed by atoms with Crippen molar-refractivity contribution in [2.24, 2.45) is 0 Å². The minimum atomic E-state index is -0.578. The number of hydrogen-bond acceptors (Lipinski definition) is 3. The number of hydrogen-bond donors (Lipinski definition) is 1. The van der Waals surface area contributed by atoms with Gasteiger partial charge in [0.1, 0.15) is 5.60 Å². The lowest BCUT2D eigenvalue weighted by atomic mass is 9.76. The summed E-state index contributed by atoms with van der Waals surface area (Å²) in [6, 6.07) is 10.3. The first-order valence-corrected chi connectivity index (χ1v) is 9.52. The summed E-state index contributed by atoms with van der Waals surface area (Å²) in [5.41, 5.74) is 0.219. The molecule has 148 valence electrons. The maximum atomic E-state index is 12.6. The van der Waals surface area contributed by atoms with Crippen molar-refractivity contribution in [3.63, 3.8) is 0 Å². The van der Waals surface area contributed by atoms with Crippen LogP contribution in [0.25, 0.3) is 0 Å². The molecule has 0 heterocycles. The lowest BCUT2D eigenvalue weighted by molar-refractivity contribution is 0.0106. The van der Waals surface area contributed by atoms with E-state index < -0.39 is 5.60 Å². The quantitative estimate of drug-likeness (QED) is 0.634. The smallest absolute Gasteiger partial charge is 0.408 e. The van der Waals surface area contributed by atoms with Crippen molar-refractivity contribution in [3.05, 3.63) is 35.9 Å². The Balaban J connectivity index is 2.74. The predicted octanol–water partition coefficient (Wildman–Crippen LogP) is 5.45. The Hall–Kier alpha value is -1.55. The Morgan fingerprint density at radius 1 is 1.12 bits per heavy atom. The van der Waals surface area contributed by atoms with Crippen LogP contribution in [0.2, 0.25) is 0 Å². The molecule has 1 aromatic rings. The summed E-state index contributed by atoms with van der Waals surface area (Å²) in [7, 11) is 1.69. The summed E-state index contributed by atoms with van der Waals surface area (Å²) >= 11 is 0. The number of rotatable bonds is 9. The lowest BCUT2D eigenvalue weighted by Gasteiger charge is -2.37. The number of nitrogens with one attached hydrogen (secondary N) is 1. The highest BCUT2D eigenvalue weighted by Crippen LogP contribution is 2.34. The maximum Gasteiger partial charge on any atom is 0.408 e. The minimum absolute atomic E-state index is 0.0743. The standard InChI is InChI=1S/C22H37NO3/c1-9-22(7,15-17(2)25-8)23-19(24)26-21(5,6)16-20(3,4)18-13-11-10-12-14-18/h10-14,17H,9,15-16H2,1-8H3,(H,23,24). The highest BCUT2D eigenvalue weighted by atomic mass is 16.6. The van der Waals surface area contributed by atoms with E-state index in [0.29, 0.717) is 0 Å². The number of methoxy groups -OCH3 is 1. The van der Waals surface area contributed by atoms with Gasteiger partial charge in [0.05, 0.1) is 6.10 Å². The van der Waals surface area contributed by atoms with Gasteiger partial charge in [-0.2, -0.15) is 0 Å². The monoisotopic (exact) mass is 363 g/mol. The fraction of sp³-hybridized carbons (Fsp3) is 0.682. The van der Waals surface area contributed by atoms with E-state index in [9.17, 15) is 4.79 Å². The van der Waals surface area contributed by atoms with Crippen LogP contribution in [-0.4, -0.2) is 30.4 Å². The van der Waals surface area contributed by atoms with Crippen molar-refractivity contribution >= 4 is 6.09 Å². The van der Waals surface area contributed by atoms with Crippen LogP contribution in [0, 0.1) is 0 Å². The second-order valence-electron chi connectivity index (χ2n) is 8.87. The van der Waals surface area contributed by atoms with Crippen LogP contribution in [0.4, 0.5) is 4.79 Å². The Morgan fingerprint density at radius 3 is 2.19 bits per heavy atom. The van der Waals surface area contributed by atoms with Crippen LogP contribution in [-0.2, 0) is 14.9 Å². The summed E-state index contributed by atoms with van der Waals surface area (Å²) in [6.45, 7) is 14.4. The number of carbonyl (C=O) groups is 1. The van der Waals surface area contributed by atoms with Crippen molar-refractivity contribution in [3.8, 4) is 0 Å². The Morgan fingerprint density at radius 2 is 1.69 bits per heavy atom. The van der Waals surface area contributed by atoms with Crippen molar-refractivity contribution in [2.45, 2.75) is 90.4 Å². The van der Waals surface area contributed by atoms with E-state index in [1.807, 2.05) is 45.9 Å². The van der Waals surface area contributed by atoms with Gasteiger partial charge >= 0.3 is 6.09 Å². The SMILES string of the molecule is CCC(C)(CC(C)OC)NC(=O)OC(C)(C)CC(C)(C)c1ccccc1. The van der Waals surface area contributed by atoms with Crippen molar-refractivity contribution in [1.29, 1.82) is 0 Å². The van der Waals surface area contributed by atoms with Gasteiger partial charge in [0.15, 0.2) is 0 Å². The van der Waals surface area contributed by atoms with Gasteiger partial charge in [0.2, 0.25) is 0 Å². The molecule has 1 amide bonds. The number of amides is 1. The summed E-state index contributed by atoms with van der Waals surface area (Å²) in [6.07, 6.45) is 1.99. The maximum absolute atomic E-state index is 12.6. The molecule has 0 bridgehead atoms. The van der Waals surface area contributed by atoms with Gasteiger partial charge in [-0.15, -0.1) is 0 Å². The van der Waals surface area contributed by atoms with Crippen molar-refractivity contribution in [2.75, 3.05) is 7.11 Å². The molecule has 0 radical (unpaired) electrons. The zero-order valence-corrected chi connectivity index (χ0v) is 17.8. The largest absolute Gasteiger partial charge is 0.443 e. The van der Waals surface area contributed by atoms with E-state index in [1.54, 1.807) is 7.11 Å². The topological polar surface area (TPSA) is 47.6 Å². The van der Waals surface area contributed by atoms with Crippen molar-refractivity contribution in [1.82, 2.24) is 5.32 Å². The zero-order valence-electron chi connectivity index (χ0n) is 17.8. The molecule has 0 aliphatic rings. The average molecular weight is 364 g/mol. The summed E-state index contributed by atoms with van der Waals surface area (Å²) in [5, 5.41) is 3.05.